The molecule has 144 valence electrons. The number of allylic oxidation sites excluding steroid dienone is 1. The molecule has 4 heteroatoms. The molecule has 2 N–H and O–H groups in total. The van der Waals surface area contributed by atoms with Crippen LogP contribution in [0, 0.1) is 40.4 Å². The van der Waals surface area contributed by atoms with Crippen LogP contribution in [0.4, 0.5) is 0 Å². The highest BCUT2D eigenvalue weighted by atomic mass is 16.3. The quantitative estimate of drug-likeness (QED) is 0.794. The first-order valence-electron chi connectivity index (χ1n) is 10.3. The van der Waals surface area contributed by atoms with Crippen LogP contribution in [0.25, 0.3) is 0 Å². The molecule has 4 aliphatic rings. The topological polar surface area (TPSA) is 74.6 Å². The van der Waals surface area contributed by atoms with Crippen molar-refractivity contribution in [2.24, 2.45) is 40.4 Å². The Morgan fingerprint density at radius 3 is 2.73 bits per heavy atom. The number of carbonyl (C=O) groups is 2. The number of hydrogen-bond donors (Lipinski definition) is 2. The molecular weight excluding hydrogens is 328 g/mol. The maximum Gasteiger partial charge on any atom is 0.161 e. The summed E-state index contributed by atoms with van der Waals surface area (Å²) < 4.78 is 0. The second-order valence-corrected chi connectivity index (χ2v) is 9.95. The minimum absolute atomic E-state index is 0.0560. The van der Waals surface area contributed by atoms with Crippen molar-refractivity contribution >= 4 is 11.6 Å². The van der Waals surface area contributed by atoms with Gasteiger partial charge in [-0.3, -0.25) is 9.59 Å². The molecule has 8 atom stereocenters. The summed E-state index contributed by atoms with van der Waals surface area (Å²) in [4.78, 5) is 24.4. The van der Waals surface area contributed by atoms with E-state index in [1.807, 2.05) is 6.08 Å². The fourth-order valence-electron chi connectivity index (χ4n) is 7.76. The first-order chi connectivity index (χ1) is 12.2. The Labute approximate surface area is 156 Å². The maximum atomic E-state index is 12.4. The van der Waals surface area contributed by atoms with E-state index in [0.29, 0.717) is 30.6 Å². The van der Waals surface area contributed by atoms with Crippen LogP contribution in [0.1, 0.15) is 59.3 Å². The molecule has 26 heavy (non-hydrogen) atoms. The molecule has 4 nitrogen and oxygen atoms in total. The summed E-state index contributed by atoms with van der Waals surface area (Å²) in [7, 11) is 0. The van der Waals surface area contributed by atoms with Gasteiger partial charge in [0.25, 0.3) is 0 Å². The molecule has 0 spiro atoms. The zero-order valence-corrected chi connectivity index (χ0v) is 16.2. The summed E-state index contributed by atoms with van der Waals surface area (Å²) >= 11 is 0. The third kappa shape index (κ3) is 2.34. The lowest BCUT2D eigenvalue weighted by Crippen LogP contribution is -2.58. The van der Waals surface area contributed by atoms with Gasteiger partial charge in [0.1, 0.15) is 6.61 Å². The highest BCUT2D eigenvalue weighted by Crippen LogP contribution is 2.67. The molecule has 0 aromatic carbocycles. The van der Waals surface area contributed by atoms with E-state index < -0.39 is 6.10 Å². The highest BCUT2D eigenvalue weighted by Gasteiger charge is 2.63. The molecule has 0 aromatic heterocycles. The molecule has 0 saturated heterocycles. The summed E-state index contributed by atoms with van der Waals surface area (Å²) in [6.07, 6.45) is 6.33. The summed E-state index contributed by atoms with van der Waals surface area (Å²) in [6.45, 7) is 6.27. The van der Waals surface area contributed by atoms with E-state index in [0.717, 1.165) is 25.7 Å². The number of ketones is 2. The molecular formula is C22H32O4. The van der Waals surface area contributed by atoms with E-state index in [1.165, 1.54) is 5.57 Å². The molecule has 0 amide bonds. The van der Waals surface area contributed by atoms with Crippen molar-refractivity contribution in [2.75, 3.05) is 6.61 Å². The maximum absolute atomic E-state index is 12.4. The molecule has 4 rings (SSSR count). The number of aliphatic hydroxyl groups excluding tert-OH is 2. The first kappa shape index (κ1) is 18.4. The van der Waals surface area contributed by atoms with E-state index in [2.05, 4.69) is 20.8 Å². The SMILES string of the molecule is CC1C[C@@H]2[C@H]([C@@H](O)C[C@]3(C)[C@@H](C(=O)CO)CC[C@@H]23)[C@@]2(C)CCC(=O)C=C12. The van der Waals surface area contributed by atoms with Crippen molar-refractivity contribution in [3.05, 3.63) is 11.6 Å². The number of rotatable bonds is 2. The van der Waals surface area contributed by atoms with Crippen molar-refractivity contribution < 1.29 is 19.8 Å². The smallest absolute Gasteiger partial charge is 0.161 e. The molecule has 0 aliphatic heterocycles. The zero-order valence-electron chi connectivity index (χ0n) is 16.2. The Hall–Kier alpha value is -1.00. The first-order valence-corrected chi connectivity index (χ1v) is 10.3. The largest absolute Gasteiger partial charge is 0.393 e. The fourth-order valence-corrected chi connectivity index (χ4v) is 7.76. The van der Waals surface area contributed by atoms with Gasteiger partial charge in [-0.05, 0) is 72.7 Å². The number of Topliss-reactive ketones (excluding diaryl/α,β-unsaturated/α-hetero) is 1. The minimum atomic E-state index is -0.442. The van der Waals surface area contributed by atoms with Crippen molar-refractivity contribution in [1.82, 2.24) is 0 Å². The third-order valence-corrected chi connectivity index (χ3v) is 8.75. The van der Waals surface area contributed by atoms with Crippen molar-refractivity contribution in [1.29, 1.82) is 0 Å². The number of carbonyl (C=O) groups excluding carboxylic acids is 2. The van der Waals surface area contributed by atoms with Crippen LogP contribution in [0.3, 0.4) is 0 Å². The average Bonchev–Trinajstić information content (AvgIpc) is 2.92. The van der Waals surface area contributed by atoms with Gasteiger partial charge in [-0.2, -0.15) is 0 Å². The second-order valence-electron chi connectivity index (χ2n) is 9.95. The van der Waals surface area contributed by atoms with Gasteiger partial charge in [0.15, 0.2) is 11.6 Å². The van der Waals surface area contributed by atoms with Gasteiger partial charge < -0.3 is 10.2 Å². The molecule has 0 radical (unpaired) electrons. The van der Waals surface area contributed by atoms with E-state index in [9.17, 15) is 19.8 Å². The van der Waals surface area contributed by atoms with Crippen molar-refractivity contribution in [3.63, 3.8) is 0 Å². The van der Waals surface area contributed by atoms with E-state index in [-0.39, 0.29) is 40.8 Å². The van der Waals surface area contributed by atoms with Crippen LogP contribution < -0.4 is 0 Å². The van der Waals surface area contributed by atoms with Crippen LogP contribution in [-0.2, 0) is 9.59 Å². The van der Waals surface area contributed by atoms with E-state index >= 15 is 0 Å². The molecule has 3 saturated carbocycles. The summed E-state index contributed by atoms with van der Waals surface area (Å²) in [6, 6.07) is 0. The molecule has 0 heterocycles. The Morgan fingerprint density at radius 1 is 1.31 bits per heavy atom. The standard InChI is InChI=1S/C22H32O4/c1-12-8-14-15-4-5-16(19(26)11-23)22(15,3)10-18(25)20(14)21(2)7-6-13(24)9-17(12)21/h9,12,14-16,18,20,23,25H,4-8,10-11H2,1-3H3/t12?,14-,15-,16+,18-,20+,21-,22-/m0/s1. The second kappa shape index (κ2) is 6.00. The fraction of sp³-hybridized carbons (Fsp3) is 0.818. The van der Waals surface area contributed by atoms with Crippen LogP contribution in [-0.4, -0.2) is 34.5 Å². The number of aliphatic hydroxyl groups is 2. The van der Waals surface area contributed by atoms with E-state index in [1.54, 1.807) is 0 Å². The Kier molecular flexibility index (Phi) is 4.24. The van der Waals surface area contributed by atoms with Gasteiger partial charge in [0.05, 0.1) is 6.10 Å². The number of hydrogen-bond acceptors (Lipinski definition) is 4. The number of fused-ring (bicyclic) bond motifs is 5. The predicted octanol–water partition coefficient (Wildman–Crippen LogP) is 2.91. The Bertz CT molecular complexity index is 667. The lowest BCUT2D eigenvalue weighted by Gasteiger charge is -2.61. The van der Waals surface area contributed by atoms with Crippen LogP contribution in [0.5, 0.6) is 0 Å². The van der Waals surface area contributed by atoms with Crippen molar-refractivity contribution in [3.8, 4) is 0 Å². The Morgan fingerprint density at radius 2 is 2.04 bits per heavy atom. The van der Waals surface area contributed by atoms with Gasteiger partial charge in [0.2, 0.25) is 0 Å². The predicted molar refractivity (Wildman–Crippen MR) is 98.2 cm³/mol. The molecule has 3 fully saturated rings. The van der Waals surface area contributed by atoms with Gasteiger partial charge >= 0.3 is 0 Å². The van der Waals surface area contributed by atoms with Crippen molar-refractivity contribution in [2.45, 2.75) is 65.4 Å². The van der Waals surface area contributed by atoms with Gasteiger partial charge in [-0.15, -0.1) is 0 Å². The summed E-state index contributed by atoms with van der Waals surface area (Å²) in [5, 5.41) is 20.7. The van der Waals surface area contributed by atoms with Crippen LogP contribution in [0.2, 0.25) is 0 Å². The molecule has 4 aliphatic carbocycles. The summed E-state index contributed by atoms with van der Waals surface area (Å²) in [5.41, 5.74) is 0.941. The van der Waals surface area contributed by atoms with Gasteiger partial charge in [-0.25, -0.2) is 0 Å². The average molecular weight is 360 g/mol. The molecule has 0 bridgehead atoms. The van der Waals surface area contributed by atoms with Crippen LogP contribution >= 0.6 is 0 Å². The zero-order chi connectivity index (χ0) is 18.9. The normalized spacial score (nSPS) is 50.5. The van der Waals surface area contributed by atoms with Crippen LogP contribution in [0.15, 0.2) is 11.6 Å². The highest BCUT2D eigenvalue weighted by molar-refractivity contribution is 5.91. The van der Waals surface area contributed by atoms with E-state index in [4.69, 9.17) is 0 Å². The lowest BCUT2D eigenvalue weighted by atomic mass is 9.44. The minimum Gasteiger partial charge on any atom is -0.393 e. The Balaban J connectivity index is 1.74. The molecule has 1 unspecified atom stereocenters. The third-order valence-electron chi connectivity index (χ3n) is 8.75. The molecule has 0 aromatic rings. The van der Waals surface area contributed by atoms with Gasteiger partial charge in [0, 0.05) is 12.3 Å². The van der Waals surface area contributed by atoms with Gasteiger partial charge in [-0.1, -0.05) is 26.3 Å². The summed E-state index contributed by atoms with van der Waals surface area (Å²) in [5.74, 6) is 1.40. The monoisotopic (exact) mass is 360 g/mol. The lowest BCUT2D eigenvalue weighted by molar-refractivity contribution is -0.149.